The van der Waals surface area contributed by atoms with Crippen molar-refractivity contribution in [3.05, 3.63) is 5.01 Å². The van der Waals surface area contributed by atoms with E-state index in [1.54, 1.807) is 0 Å². The molecule has 2 N–H and O–H groups in total. The average Bonchev–Trinajstić information content (AvgIpc) is 2.64. The van der Waals surface area contributed by atoms with Crippen LogP contribution in [0.3, 0.4) is 0 Å². The highest BCUT2D eigenvalue weighted by Gasteiger charge is 2.36. The normalized spacial score (nSPS) is 11.6. The van der Waals surface area contributed by atoms with Crippen molar-refractivity contribution in [1.29, 1.82) is 0 Å². The van der Waals surface area contributed by atoms with Gasteiger partial charge in [0.05, 0.1) is 0 Å². The number of carbonyl (C=O) groups excluding carboxylic acids is 1. The number of nitrogens with zero attached hydrogens (tertiary/aromatic N) is 2. The molecule has 0 radical (unpaired) electrons. The van der Waals surface area contributed by atoms with Crippen LogP contribution in [0.1, 0.15) is 32.7 Å². The number of aromatic nitrogens is 2. The predicted molar refractivity (Wildman–Crippen MR) is 68.5 cm³/mol. The van der Waals surface area contributed by atoms with E-state index in [1.807, 2.05) is 0 Å². The summed E-state index contributed by atoms with van der Waals surface area (Å²) >= 11 is 1.27. The smallest absolute Gasteiger partial charge is 0.318 e. The second-order valence-corrected chi connectivity index (χ2v) is 6.05. The van der Waals surface area contributed by atoms with Crippen LogP contribution in [0.5, 0.6) is 0 Å². The number of hydrogen-bond donors (Lipinski definition) is 2. The molecule has 6 nitrogen and oxygen atoms in total. The molecule has 1 amide bonds. The van der Waals surface area contributed by atoms with Gasteiger partial charge in [0.2, 0.25) is 11.0 Å². The van der Waals surface area contributed by atoms with Crippen LogP contribution in [0.2, 0.25) is 0 Å². The molecule has 0 spiro atoms. The van der Waals surface area contributed by atoms with E-state index in [9.17, 15) is 9.59 Å². The van der Waals surface area contributed by atoms with Gasteiger partial charge in [0.25, 0.3) is 0 Å². The Bertz CT molecular complexity index is 454. The Balaban J connectivity index is 2.71. The maximum atomic E-state index is 11.8. The number of carbonyl (C=O) groups is 2. The average molecular weight is 271 g/mol. The molecule has 1 rings (SSSR count). The minimum absolute atomic E-state index is 0.338. The molecular formula is C11H17N3O3S. The third kappa shape index (κ3) is 3.49. The third-order valence-electron chi connectivity index (χ3n) is 2.37. The molecule has 0 aliphatic carbocycles. The number of carboxylic acid groups (broad SMARTS) is 1. The quantitative estimate of drug-likeness (QED) is 0.796. The molecule has 18 heavy (non-hydrogen) atoms. The summed E-state index contributed by atoms with van der Waals surface area (Å²) in [5.41, 5.74) is -1.48. The van der Waals surface area contributed by atoms with Crippen LogP contribution in [-0.2, 0) is 16.0 Å². The molecule has 1 aromatic heterocycles. The van der Waals surface area contributed by atoms with Gasteiger partial charge in [0.15, 0.2) is 0 Å². The number of aliphatic carboxylic acids is 1. The van der Waals surface area contributed by atoms with Gasteiger partial charge in [-0.05, 0) is 19.8 Å². The molecule has 0 aromatic carbocycles. The monoisotopic (exact) mass is 271 g/mol. The molecule has 0 bridgehead atoms. The van der Waals surface area contributed by atoms with Crippen LogP contribution in [0.4, 0.5) is 5.13 Å². The largest absolute Gasteiger partial charge is 0.480 e. The van der Waals surface area contributed by atoms with Crippen molar-refractivity contribution >= 4 is 28.3 Å². The van der Waals surface area contributed by atoms with E-state index >= 15 is 0 Å². The Hall–Kier alpha value is -1.50. The molecule has 0 unspecified atom stereocenters. The first-order valence-corrected chi connectivity index (χ1v) is 6.42. The summed E-state index contributed by atoms with van der Waals surface area (Å²) in [5, 5.41) is 20.3. The van der Waals surface area contributed by atoms with E-state index < -0.39 is 17.3 Å². The summed E-state index contributed by atoms with van der Waals surface area (Å²) in [4.78, 5) is 22.7. The molecule has 0 saturated heterocycles. The van der Waals surface area contributed by atoms with E-state index in [4.69, 9.17) is 5.11 Å². The first-order valence-electron chi connectivity index (χ1n) is 5.60. The van der Waals surface area contributed by atoms with Crippen LogP contribution in [0, 0.1) is 11.3 Å². The van der Waals surface area contributed by atoms with E-state index in [-0.39, 0.29) is 0 Å². The fourth-order valence-corrected chi connectivity index (χ4v) is 2.03. The van der Waals surface area contributed by atoms with Crippen LogP contribution in [-0.4, -0.2) is 27.2 Å². The lowest BCUT2D eigenvalue weighted by molar-refractivity contribution is -0.151. The Labute approximate surface area is 109 Å². The second kappa shape index (κ2) is 5.43. The highest BCUT2D eigenvalue weighted by Crippen LogP contribution is 2.22. The van der Waals surface area contributed by atoms with Gasteiger partial charge in [0, 0.05) is 6.42 Å². The number of hydrogen-bond acceptors (Lipinski definition) is 5. The van der Waals surface area contributed by atoms with Crippen molar-refractivity contribution in [3.8, 4) is 0 Å². The van der Waals surface area contributed by atoms with Crippen LogP contribution >= 0.6 is 11.3 Å². The first-order chi connectivity index (χ1) is 8.23. The number of anilines is 1. The van der Waals surface area contributed by atoms with Crippen molar-refractivity contribution in [2.45, 2.75) is 34.1 Å². The molecule has 0 fully saturated rings. The molecule has 0 aliphatic heterocycles. The van der Waals surface area contributed by atoms with Crippen molar-refractivity contribution in [2.24, 2.45) is 11.3 Å². The molecule has 0 aliphatic rings. The Morgan fingerprint density at radius 3 is 2.50 bits per heavy atom. The molecule has 1 aromatic rings. The van der Waals surface area contributed by atoms with Gasteiger partial charge in [-0.15, -0.1) is 10.2 Å². The maximum absolute atomic E-state index is 11.8. The van der Waals surface area contributed by atoms with Crippen molar-refractivity contribution in [1.82, 2.24) is 10.2 Å². The van der Waals surface area contributed by atoms with Crippen LogP contribution in [0.15, 0.2) is 0 Å². The Kier molecular flexibility index (Phi) is 4.39. The standard InChI is InChI=1S/C11H17N3O3S/c1-6(2)5-7-13-14-10(18-7)12-8(15)11(3,4)9(16)17/h6H,5H2,1-4H3,(H,16,17)(H,12,14,15). The van der Waals surface area contributed by atoms with Gasteiger partial charge in [0.1, 0.15) is 10.4 Å². The zero-order valence-electron chi connectivity index (χ0n) is 10.9. The minimum atomic E-state index is -1.48. The molecule has 0 saturated carbocycles. The Morgan fingerprint density at radius 1 is 1.39 bits per heavy atom. The summed E-state index contributed by atoms with van der Waals surface area (Å²) in [7, 11) is 0. The fourth-order valence-electron chi connectivity index (χ4n) is 1.09. The number of carboxylic acids is 1. The SMILES string of the molecule is CC(C)Cc1nnc(NC(=O)C(C)(C)C(=O)O)s1. The number of amides is 1. The summed E-state index contributed by atoms with van der Waals surface area (Å²) in [6.07, 6.45) is 0.788. The maximum Gasteiger partial charge on any atom is 0.318 e. The molecule has 7 heteroatoms. The third-order valence-corrected chi connectivity index (χ3v) is 3.23. The fraction of sp³-hybridized carbons (Fsp3) is 0.636. The first kappa shape index (κ1) is 14.6. The predicted octanol–water partition coefficient (Wildman–Crippen LogP) is 1.79. The molecule has 100 valence electrons. The summed E-state index contributed by atoms with van der Waals surface area (Å²) < 4.78 is 0. The second-order valence-electron chi connectivity index (χ2n) is 4.98. The molecular weight excluding hydrogens is 254 g/mol. The van der Waals surface area contributed by atoms with E-state index in [0.29, 0.717) is 11.0 Å². The number of nitrogens with one attached hydrogen (secondary N) is 1. The topological polar surface area (TPSA) is 92.2 Å². The highest BCUT2D eigenvalue weighted by atomic mass is 32.1. The van der Waals surface area contributed by atoms with Crippen molar-refractivity contribution in [2.75, 3.05) is 5.32 Å². The van der Waals surface area contributed by atoms with Gasteiger partial charge in [-0.25, -0.2) is 0 Å². The van der Waals surface area contributed by atoms with Crippen LogP contribution in [0.25, 0.3) is 0 Å². The van der Waals surface area contributed by atoms with Gasteiger partial charge in [-0.2, -0.15) is 0 Å². The van der Waals surface area contributed by atoms with Gasteiger partial charge < -0.3 is 5.11 Å². The van der Waals surface area contributed by atoms with Gasteiger partial charge in [-0.3, -0.25) is 14.9 Å². The number of rotatable bonds is 5. The zero-order valence-corrected chi connectivity index (χ0v) is 11.7. The lowest BCUT2D eigenvalue weighted by Gasteiger charge is -2.16. The lowest BCUT2D eigenvalue weighted by atomic mass is 9.93. The van der Waals surface area contributed by atoms with E-state index in [1.165, 1.54) is 25.2 Å². The molecule has 0 atom stereocenters. The minimum Gasteiger partial charge on any atom is -0.480 e. The Morgan fingerprint density at radius 2 is 2.00 bits per heavy atom. The summed E-state index contributed by atoms with van der Waals surface area (Å²) in [6, 6.07) is 0. The van der Waals surface area contributed by atoms with Crippen molar-refractivity contribution in [3.63, 3.8) is 0 Å². The summed E-state index contributed by atoms with van der Waals surface area (Å²) in [5.74, 6) is -1.31. The van der Waals surface area contributed by atoms with Crippen LogP contribution < -0.4 is 5.32 Å². The van der Waals surface area contributed by atoms with E-state index in [2.05, 4.69) is 29.4 Å². The van der Waals surface area contributed by atoms with E-state index in [0.717, 1.165) is 11.4 Å². The molecule has 1 heterocycles. The van der Waals surface area contributed by atoms with Crippen molar-refractivity contribution < 1.29 is 14.7 Å². The summed E-state index contributed by atoms with van der Waals surface area (Å²) in [6.45, 7) is 6.82. The lowest BCUT2D eigenvalue weighted by Crippen LogP contribution is -2.37. The highest BCUT2D eigenvalue weighted by molar-refractivity contribution is 7.15. The zero-order chi connectivity index (χ0) is 13.9. The van der Waals surface area contributed by atoms with Gasteiger partial charge >= 0.3 is 5.97 Å². The van der Waals surface area contributed by atoms with Gasteiger partial charge in [-0.1, -0.05) is 25.2 Å².